The minimum Gasteiger partial charge on any atom is -0.351 e. The van der Waals surface area contributed by atoms with E-state index in [1.54, 1.807) is 11.3 Å². The lowest BCUT2D eigenvalue weighted by molar-refractivity contribution is 0.0946. The lowest BCUT2D eigenvalue weighted by Crippen LogP contribution is -2.48. The fraction of sp³-hybridized carbons (Fsp3) is 0.280. The molecule has 1 amide bonds. The molecular weight excluding hydrogens is 404 g/mol. The standard InChI is InChI=1S/C25H26N4OS/c1-16(2)29-14-20(15-29)25-27-13-23(31-25)18-9-7-17(8-10-18)12-26-24(30)22-11-19-5-3-4-6-21(19)28-22/h3-11,13,16,20,28H,12,14-15H2,1-2H3,(H,26,30). The van der Waals surface area contributed by atoms with Gasteiger partial charge in [-0.05, 0) is 37.1 Å². The molecule has 1 fully saturated rings. The summed E-state index contributed by atoms with van der Waals surface area (Å²) in [6.45, 7) is 7.20. The maximum atomic E-state index is 12.5. The second kappa shape index (κ2) is 8.29. The third-order valence-electron chi connectivity index (χ3n) is 5.98. The van der Waals surface area contributed by atoms with Crippen molar-refractivity contribution in [3.8, 4) is 10.4 Å². The number of para-hydroxylation sites is 1. The number of nitrogens with one attached hydrogen (secondary N) is 2. The lowest BCUT2D eigenvalue weighted by atomic mass is 9.99. The first-order valence-electron chi connectivity index (χ1n) is 10.7. The Morgan fingerprint density at radius 1 is 1.19 bits per heavy atom. The number of thiazole rings is 1. The number of likely N-dealkylation sites (tertiary alicyclic amines) is 1. The molecule has 2 N–H and O–H groups in total. The van der Waals surface area contributed by atoms with Gasteiger partial charge >= 0.3 is 0 Å². The van der Waals surface area contributed by atoms with E-state index in [-0.39, 0.29) is 5.91 Å². The largest absolute Gasteiger partial charge is 0.351 e. The number of hydrogen-bond acceptors (Lipinski definition) is 4. The molecule has 1 aliphatic heterocycles. The molecule has 2 aromatic carbocycles. The molecule has 0 bridgehead atoms. The highest BCUT2D eigenvalue weighted by molar-refractivity contribution is 7.15. The van der Waals surface area contributed by atoms with Crippen molar-refractivity contribution in [3.63, 3.8) is 0 Å². The number of rotatable bonds is 6. The zero-order valence-electron chi connectivity index (χ0n) is 17.8. The Morgan fingerprint density at radius 3 is 2.71 bits per heavy atom. The van der Waals surface area contributed by atoms with Crippen LogP contribution in [0.5, 0.6) is 0 Å². The Hall–Kier alpha value is -2.96. The summed E-state index contributed by atoms with van der Waals surface area (Å²) in [6, 6.07) is 18.8. The predicted octanol–water partition coefficient (Wildman–Crippen LogP) is 5.03. The van der Waals surface area contributed by atoms with Crippen LogP contribution in [0, 0.1) is 0 Å². The molecule has 0 unspecified atom stereocenters. The number of fused-ring (bicyclic) bond motifs is 1. The van der Waals surface area contributed by atoms with E-state index in [1.807, 2.05) is 36.5 Å². The Morgan fingerprint density at radius 2 is 1.97 bits per heavy atom. The van der Waals surface area contributed by atoms with E-state index in [1.165, 1.54) is 15.4 Å². The Kier molecular flexibility index (Phi) is 5.34. The van der Waals surface area contributed by atoms with Crippen LogP contribution in [0.2, 0.25) is 0 Å². The summed E-state index contributed by atoms with van der Waals surface area (Å²) < 4.78 is 0. The monoisotopic (exact) mass is 430 g/mol. The highest BCUT2D eigenvalue weighted by atomic mass is 32.1. The van der Waals surface area contributed by atoms with E-state index in [4.69, 9.17) is 0 Å². The van der Waals surface area contributed by atoms with E-state index in [0.29, 0.717) is 24.2 Å². The molecule has 0 aliphatic carbocycles. The van der Waals surface area contributed by atoms with Gasteiger partial charge in [0.15, 0.2) is 0 Å². The van der Waals surface area contributed by atoms with Crippen LogP contribution < -0.4 is 5.32 Å². The highest BCUT2D eigenvalue weighted by Crippen LogP contribution is 2.35. The van der Waals surface area contributed by atoms with E-state index < -0.39 is 0 Å². The first-order valence-corrected chi connectivity index (χ1v) is 11.5. The summed E-state index contributed by atoms with van der Waals surface area (Å²) in [6.07, 6.45) is 1.99. The molecule has 5 nitrogen and oxygen atoms in total. The quantitative estimate of drug-likeness (QED) is 0.451. The number of benzene rings is 2. The summed E-state index contributed by atoms with van der Waals surface area (Å²) in [5.74, 6) is 0.476. The van der Waals surface area contributed by atoms with Crippen molar-refractivity contribution in [3.05, 3.63) is 77.1 Å². The Labute approximate surface area is 186 Å². The number of carbonyl (C=O) groups is 1. The minimum absolute atomic E-state index is 0.0942. The third kappa shape index (κ3) is 4.13. The predicted molar refractivity (Wildman–Crippen MR) is 126 cm³/mol. The second-order valence-electron chi connectivity index (χ2n) is 8.46. The van der Waals surface area contributed by atoms with Crippen molar-refractivity contribution in [1.29, 1.82) is 0 Å². The van der Waals surface area contributed by atoms with Crippen molar-refractivity contribution >= 4 is 28.1 Å². The van der Waals surface area contributed by atoms with Gasteiger partial charge in [0, 0.05) is 48.7 Å². The Bertz CT molecular complexity index is 1170. The molecule has 0 atom stereocenters. The molecular formula is C25H26N4OS. The average Bonchev–Trinajstić information content (AvgIpc) is 3.38. The van der Waals surface area contributed by atoms with Crippen LogP contribution in [0.1, 0.15) is 40.8 Å². The van der Waals surface area contributed by atoms with Gasteiger partial charge in [0.2, 0.25) is 0 Å². The van der Waals surface area contributed by atoms with Crippen LogP contribution in [-0.4, -0.2) is 39.9 Å². The van der Waals surface area contributed by atoms with Gasteiger partial charge in [-0.3, -0.25) is 9.69 Å². The number of aromatic amines is 1. The Balaban J connectivity index is 1.19. The van der Waals surface area contributed by atoms with Gasteiger partial charge in [-0.2, -0.15) is 0 Å². The topological polar surface area (TPSA) is 61.0 Å². The maximum Gasteiger partial charge on any atom is 0.267 e. The molecule has 0 spiro atoms. The number of amides is 1. The third-order valence-corrected chi connectivity index (χ3v) is 7.19. The zero-order valence-corrected chi connectivity index (χ0v) is 18.6. The molecule has 31 heavy (non-hydrogen) atoms. The van der Waals surface area contributed by atoms with Crippen molar-refractivity contribution in [2.24, 2.45) is 0 Å². The van der Waals surface area contributed by atoms with E-state index in [9.17, 15) is 4.79 Å². The van der Waals surface area contributed by atoms with Gasteiger partial charge in [-0.1, -0.05) is 42.5 Å². The number of nitrogens with zero attached hydrogens (tertiary/aromatic N) is 2. The van der Waals surface area contributed by atoms with Gasteiger partial charge in [0.25, 0.3) is 5.91 Å². The van der Waals surface area contributed by atoms with E-state index in [0.717, 1.165) is 29.6 Å². The zero-order chi connectivity index (χ0) is 21.4. The number of H-pyrrole nitrogens is 1. The van der Waals surface area contributed by atoms with Crippen molar-refractivity contribution in [1.82, 2.24) is 20.2 Å². The number of aromatic nitrogens is 2. The minimum atomic E-state index is -0.0942. The smallest absolute Gasteiger partial charge is 0.267 e. The van der Waals surface area contributed by atoms with E-state index in [2.05, 4.69) is 58.3 Å². The van der Waals surface area contributed by atoms with Crippen molar-refractivity contribution < 1.29 is 4.79 Å². The van der Waals surface area contributed by atoms with Gasteiger partial charge in [0.05, 0.1) is 9.88 Å². The van der Waals surface area contributed by atoms with Crippen LogP contribution in [0.3, 0.4) is 0 Å². The van der Waals surface area contributed by atoms with Gasteiger partial charge in [-0.25, -0.2) is 4.98 Å². The van der Waals surface area contributed by atoms with Crippen molar-refractivity contribution in [2.75, 3.05) is 13.1 Å². The van der Waals surface area contributed by atoms with Crippen LogP contribution in [0.15, 0.2) is 60.8 Å². The molecule has 2 aromatic heterocycles. The average molecular weight is 431 g/mol. The summed E-state index contributed by atoms with van der Waals surface area (Å²) in [4.78, 5) is 24.0. The first kappa shape index (κ1) is 20.0. The molecule has 6 heteroatoms. The molecule has 5 rings (SSSR count). The van der Waals surface area contributed by atoms with Crippen LogP contribution >= 0.6 is 11.3 Å². The highest BCUT2D eigenvalue weighted by Gasteiger charge is 2.31. The summed E-state index contributed by atoms with van der Waals surface area (Å²) in [5.41, 5.74) is 3.81. The van der Waals surface area contributed by atoms with E-state index >= 15 is 0 Å². The summed E-state index contributed by atoms with van der Waals surface area (Å²) in [7, 11) is 0. The van der Waals surface area contributed by atoms with Crippen LogP contribution in [0.25, 0.3) is 21.3 Å². The molecule has 3 heterocycles. The van der Waals surface area contributed by atoms with Crippen LogP contribution in [-0.2, 0) is 6.54 Å². The molecule has 1 aliphatic rings. The molecule has 4 aromatic rings. The second-order valence-corrected chi connectivity index (χ2v) is 9.52. The number of carbonyl (C=O) groups excluding carboxylic acids is 1. The maximum absolute atomic E-state index is 12.5. The van der Waals surface area contributed by atoms with Gasteiger partial charge < -0.3 is 10.3 Å². The fourth-order valence-electron chi connectivity index (χ4n) is 3.96. The molecule has 1 saturated heterocycles. The first-order chi connectivity index (χ1) is 15.1. The van der Waals surface area contributed by atoms with Crippen molar-refractivity contribution in [2.45, 2.75) is 32.4 Å². The normalized spacial score (nSPS) is 14.8. The number of hydrogen-bond donors (Lipinski definition) is 2. The fourth-order valence-corrected chi connectivity index (χ4v) is 4.97. The molecule has 0 saturated carbocycles. The molecule has 0 radical (unpaired) electrons. The lowest BCUT2D eigenvalue weighted by Gasteiger charge is -2.41. The summed E-state index contributed by atoms with van der Waals surface area (Å²) >= 11 is 1.80. The van der Waals surface area contributed by atoms with Gasteiger partial charge in [0.1, 0.15) is 5.69 Å². The van der Waals surface area contributed by atoms with Gasteiger partial charge in [-0.15, -0.1) is 11.3 Å². The molecule has 158 valence electrons. The SMILES string of the molecule is CC(C)N1CC(c2ncc(-c3ccc(CNC(=O)c4cc5ccccc5[nH]4)cc3)s2)C1. The van der Waals surface area contributed by atoms with Crippen LogP contribution in [0.4, 0.5) is 0 Å². The summed E-state index contributed by atoms with van der Waals surface area (Å²) in [5, 5.41) is 5.28.